The minimum Gasteiger partial charge on any atom is -0.339 e. The molecule has 0 aliphatic carbocycles. The van der Waals surface area contributed by atoms with Crippen molar-refractivity contribution in [1.29, 1.82) is 0 Å². The van der Waals surface area contributed by atoms with E-state index in [1.165, 1.54) is 0 Å². The lowest BCUT2D eigenvalue weighted by Gasteiger charge is -2.34. The normalized spacial score (nSPS) is 13.9. The quantitative estimate of drug-likeness (QED) is 0.492. The maximum Gasteiger partial charge on any atom is 0.230 e. The zero-order chi connectivity index (χ0) is 21.8. The highest BCUT2D eigenvalue weighted by atomic mass is 16.2. The molecule has 7 heteroatoms. The summed E-state index contributed by atoms with van der Waals surface area (Å²) in [6, 6.07) is 21.9. The number of aromatic nitrogens is 4. The Morgan fingerprint density at radius 2 is 1.47 bits per heavy atom. The van der Waals surface area contributed by atoms with Crippen molar-refractivity contribution in [2.45, 2.75) is 6.42 Å². The molecule has 0 unspecified atom stereocenters. The first kappa shape index (κ1) is 19.9. The SMILES string of the molecule is O=C(Cc1nc(-c2ccccc2)cn1-c1ccccc1)N1CCN(c2ncccn2)CC1. The van der Waals surface area contributed by atoms with Gasteiger partial charge in [-0.05, 0) is 18.2 Å². The van der Waals surface area contributed by atoms with Gasteiger partial charge in [0.2, 0.25) is 11.9 Å². The molecule has 7 nitrogen and oxygen atoms in total. The maximum atomic E-state index is 13.2. The second-order valence-corrected chi connectivity index (χ2v) is 7.71. The Morgan fingerprint density at radius 3 is 2.16 bits per heavy atom. The summed E-state index contributed by atoms with van der Waals surface area (Å²) in [5.74, 6) is 1.54. The van der Waals surface area contributed by atoms with Crippen molar-refractivity contribution in [3.8, 4) is 16.9 Å². The smallest absolute Gasteiger partial charge is 0.230 e. The van der Waals surface area contributed by atoms with Crippen LogP contribution in [0.15, 0.2) is 85.3 Å². The minimum absolute atomic E-state index is 0.0843. The number of para-hydroxylation sites is 1. The molecule has 0 bridgehead atoms. The predicted molar refractivity (Wildman–Crippen MR) is 124 cm³/mol. The maximum absolute atomic E-state index is 13.2. The summed E-state index contributed by atoms with van der Waals surface area (Å²) >= 11 is 0. The van der Waals surface area contributed by atoms with Gasteiger partial charge >= 0.3 is 0 Å². The number of carbonyl (C=O) groups is 1. The predicted octanol–water partition coefficient (Wildman–Crippen LogP) is 3.22. The zero-order valence-electron chi connectivity index (χ0n) is 17.7. The van der Waals surface area contributed by atoms with Crippen LogP contribution in [-0.2, 0) is 11.2 Å². The van der Waals surface area contributed by atoms with Gasteiger partial charge in [0, 0.05) is 56.0 Å². The lowest BCUT2D eigenvalue weighted by molar-refractivity contribution is -0.130. The van der Waals surface area contributed by atoms with Crippen LogP contribution < -0.4 is 4.90 Å². The summed E-state index contributed by atoms with van der Waals surface area (Å²) in [7, 11) is 0. The number of amides is 1. The summed E-state index contributed by atoms with van der Waals surface area (Å²) < 4.78 is 2.02. The molecule has 1 fully saturated rings. The largest absolute Gasteiger partial charge is 0.339 e. The number of hydrogen-bond acceptors (Lipinski definition) is 5. The molecule has 160 valence electrons. The highest BCUT2D eigenvalue weighted by Gasteiger charge is 2.24. The van der Waals surface area contributed by atoms with E-state index in [4.69, 9.17) is 4.98 Å². The van der Waals surface area contributed by atoms with E-state index in [0.717, 1.165) is 35.9 Å². The Morgan fingerprint density at radius 1 is 0.812 bits per heavy atom. The topological polar surface area (TPSA) is 67.2 Å². The molecular formula is C25H24N6O. The minimum atomic E-state index is 0.0843. The van der Waals surface area contributed by atoms with Crippen LogP contribution in [0.5, 0.6) is 0 Å². The van der Waals surface area contributed by atoms with Crippen LogP contribution in [0.4, 0.5) is 5.95 Å². The van der Waals surface area contributed by atoms with Gasteiger partial charge in [-0.1, -0.05) is 48.5 Å². The fraction of sp³-hybridized carbons (Fsp3) is 0.200. The Labute approximate surface area is 187 Å². The van der Waals surface area contributed by atoms with Gasteiger partial charge in [0.15, 0.2) is 0 Å². The van der Waals surface area contributed by atoms with Crippen molar-refractivity contribution in [2.24, 2.45) is 0 Å². The molecule has 3 heterocycles. The van der Waals surface area contributed by atoms with Crippen LogP contribution in [0.25, 0.3) is 16.9 Å². The molecule has 5 rings (SSSR count). The second kappa shape index (κ2) is 9.01. The van der Waals surface area contributed by atoms with Gasteiger partial charge in [0.05, 0.1) is 12.1 Å². The molecule has 0 spiro atoms. The van der Waals surface area contributed by atoms with Gasteiger partial charge in [-0.25, -0.2) is 15.0 Å². The number of benzene rings is 2. The summed E-state index contributed by atoms with van der Waals surface area (Å²) in [4.78, 5) is 30.7. The van der Waals surface area contributed by atoms with Crippen LogP contribution in [0, 0.1) is 0 Å². The third kappa shape index (κ3) is 4.23. The number of imidazole rings is 1. The Hall–Kier alpha value is -4.00. The molecule has 0 radical (unpaired) electrons. The van der Waals surface area contributed by atoms with Crippen LogP contribution in [0.2, 0.25) is 0 Å². The molecule has 2 aromatic heterocycles. The van der Waals surface area contributed by atoms with Crippen molar-refractivity contribution in [3.05, 3.63) is 91.1 Å². The molecule has 0 atom stereocenters. The first-order chi connectivity index (χ1) is 15.8. The van der Waals surface area contributed by atoms with E-state index in [-0.39, 0.29) is 12.3 Å². The lowest BCUT2D eigenvalue weighted by atomic mass is 10.2. The van der Waals surface area contributed by atoms with E-state index < -0.39 is 0 Å². The van der Waals surface area contributed by atoms with Gasteiger partial charge < -0.3 is 14.4 Å². The highest BCUT2D eigenvalue weighted by molar-refractivity contribution is 5.79. The molecule has 0 N–H and O–H groups in total. The molecular weight excluding hydrogens is 400 g/mol. The highest BCUT2D eigenvalue weighted by Crippen LogP contribution is 2.22. The summed E-state index contributed by atoms with van der Waals surface area (Å²) in [5.41, 5.74) is 2.90. The second-order valence-electron chi connectivity index (χ2n) is 7.71. The molecule has 1 aliphatic heterocycles. The van der Waals surface area contributed by atoms with Gasteiger partial charge in [0.1, 0.15) is 5.82 Å². The first-order valence-electron chi connectivity index (χ1n) is 10.8. The van der Waals surface area contributed by atoms with Crippen LogP contribution in [-0.4, -0.2) is 56.5 Å². The van der Waals surface area contributed by atoms with E-state index in [1.54, 1.807) is 12.4 Å². The Bertz CT molecular complexity index is 1170. The molecule has 0 saturated carbocycles. The number of hydrogen-bond donors (Lipinski definition) is 0. The van der Waals surface area contributed by atoms with E-state index in [2.05, 4.69) is 14.9 Å². The number of nitrogens with zero attached hydrogens (tertiary/aromatic N) is 6. The number of piperazine rings is 1. The van der Waals surface area contributed by atoms with E-state index in [9.17, 15) is 4.79 Å². The standard InChI is InChI=1S/C25H24N6O/c32-24(29-14-16-30(17-15-29)25-26-12-7-13-27-25)18-23-28-22(20-8-3-1-4-9-20)19-31(23)21-10-5-2-6-11-21/h1-13,19H,14-18H2. The fourth-order valence-electron chi connectivity index (χ4n) is 3.96. The molecule has 2 aromatic carbocycles. The number of anilines is 1. The van der Waals surface area contributed by atoms with E-state index in [1.807, 2.05) is 82.4 Å². The Kier molecular flexibility index (Phi) is 5.61. The van der Waals surface area contributed by atoms with E-state index in [0.29, 0.717) is 19.0 Å². The van der Waals surface area contributed by atoms with Crippen molar-refractivity contribution in [1.82, 2.24) is 24.4 Å². The van der Waals surface area contributed by atoms with Crippen molar-refractivity contribution in [2.75, 3.05) is 31.1 Å². The molecule has 32 heavy (non-hydrogen) atoms. The zero-order valence-corrected chi connectivity index (χ0v) is 17.7. The number of rotatable bonds is 5. The fourth-order valence-corrected chi connectivity index (χ4v) is 3.96. The average Bonchev–Trinajstić information content (AvgIpc) is 3.29. The van der Waals surface area contributed by atoms with Crippen molar-refractivity contribution in [3.63, 3.8) is 0 Å². The van der Waals surface area contributed by atoms with Gasteiger partial charge in [-0.2, -0.15) is 0 Å². The monoisotopic (exact) mass is 424 g/mol. The lowest BCUT2D eigenvalue weighted by Crippen LogP contribution is -2.49. The van der Waals surface area contributed by atoms with Crippen LogP contribution in [0.3, 0.4) is 0 Å². The summed E-state index contributed by atoms with van der Waals surface area (Å²) in [6.45, 7) is 2.74. The van der Waals surface area contributed by atoms with Crippen molar-refractivity contribution >= 4 is 11.9 Å². The number of carbonyl (C=O) groups excluding carboxylic acids is 1. The third-order valence-electron chi connectivity index (χ3n) is 5.66. The van der Waals surface area contributed by atoms with Gasteiger partial charge in [0.25, 0.3) is 0 Å². The van der Waals surface area contributed by atoms with E-state index >= 15 is 0 Å². The van der Waals surface area contributed by atoms with Gasteiger partial charge in [-0.15, -0.1) is 0 Å². The van der Waals surface area contributed by atoms with Crippen molar-refractivity contribution < 1.29 is 4.79 Å². The molecule has 1 saturated heterocycles. The van der Waals surface area contributed by atoms with Gasteiger partial charge in [-0.3, -0.25) is 4.79 Å². The Balaban J connectivity index is 1.34. The summed E-state index contributed by atoms with van der Waals surface area (Å²) in [6.07, 6.45) is 5.75. The molecule has 1 aliphatic rings. The average molecular weight is 425 g/mol. The molecule has 4 aromatic rings. The first-order valence-corrected chi connectivity index (χ1v) is 10.8. The summed E-state index contributed by atoms with van der Waals surface area (Å²) in [5, 5.41) is 0. The third-order valence-corrected chi connectivity index (χ3v) is 5.66. The molecule has 1 amide bonds. The van der Waals surface area contributed by atoms with Crippen LogP contribution >= 0.6 is 0 Å². The van der Waals surface area contributed by atoms with Crippen LogP contribution in [0.1, 0.15) is 5.82 Å².